The van der Waals surface area contributed by atoms with E-state index in [-0.39, 0.29) is 0 Å². The minimum absolute atomic E-state index is 0.406. The summed E-state index contributed by atoms with van der Waals surface area (Å²) >= 11 is 0. The Bertz CT molecular complexity index is 210. The summed E-state index contributed by atoms with van der Waals surface area (Å²) in [6.45, 7) is 6.84. The number of hydrogen-bond donors (Lipinski definition) is 0. The standard InChI is InChI=1S/C10H18OSi/c1-12(2,3)8-9-6-4-5-7-10(9)11/h8H,4-7H2,1-3H3/b9-8+. The van der Waals surface area contributed by atoms with Gasteiger partial charge < -0.3 is 0 Å². The fourth-order valence-corrected chi connectivity index (χ4v) is 2.93. The lowest BCUT2D eigenvalue weighted by atomic mass is 9.95. The summed E-state index contributed by atoms with van der Waals surface area (Å²) < 4.78 is 0. The van der Waals surface area contributed by atoms with Gasteiger partial charge in [-0.3, -0.25) is 4.79 Å². The predicted octanol–water partition coefficient (Wildman–Crippen LogP) is 2.93. The number of Topliss-reactive ketones (excluding diaryl/α,β-unsaturated/α-hetero) is 1. The molecule has 0 aromatic rings. The zero-order valence-corrected chi connectivity index (χ0v) is 9.31. The molecule has 0 aromatic heterocycles. The van der Waals surface area contributed by atoms with Gasteiger partial charge in [-0.2, -0.15) is 0 Å². The van der Waals surface area contributed by atoms with E-state index in [0.717, 1.165) is 24.8 Å². The van der Waals surface area contributed by atoms with E-state index in [4.69, 9.17) is 0 Å². The van der Waals surface area contributed by atoms with Crippen molar-refractivity contribution in [3.63, 3.8) is 0 Å². The van der Waals surface area contributed by atoms with Crippen LogP contribution < -0.4 is 0 Å². The predicted molar refractivity (Wildman–Crippen MR) is 54.9 cm³/mol. The van der Waals surface area contributed by atoms with Gasteiger partial charge in [0.15, 0.2) is 5.78 Å². The molecular weight excluding hydrogens is 164 g/mol. The molecule has 0 aromatic carbocycles. The van der Waals surface area contributed by atoms with Crippen molar-refractivity contribution >= 4 is 13.9 Å². The summed E-state index contributed by atoms with van der Waals surface area (Å²) in [5.41, 5.74) is 3.40. The van der Waals surface area contributed by atoms with Crippen LogP contribution in [0.25, 0.3) is 0 Å². The third-order valence-corrected chi connectivity index (χ3v) is 3.28. The first-order valence-corrected chi connectivity index (χ1v) is 8.32. The Morgan fingerprint density at radius 3 is 2.25 bits per heavy atom. The molecule has 0 unspecified atom stereocenters. The van der Waals surface area contributed by atoms with Gasteiger partial charge in [-0.05, 0) is 24.8 Å². The first-order valence-electron chi connectivity index (χ1n) is 4.74. The number of carbonyl (C=O) groups is 1. The monoisotopic (exact) mass is 182 g/mol. The summed E-state index contributed by atoms with van der Waals surface area (Å²) in [5, 5.41) is 0. The third kappa shape index (κ3) is 2.93. The van der Waals surface area contributed by atoms with Crippen molar-refractivity contribution < 1.29 is 4.79 Å². The molecule has 0 N–H and O–H groups in total. The van der Waals surface area contributed by atoms with E-state index in [1.165, 1.54) is 6.42 Å². The molecule has 1 saturated carbocycles. The molecule has 1 aliphatic rings. The molecule has 1 fully saturated rings. The molecule has 0 radical (unpaired) electrons. The van der Waals surface area contributed by atoms with Gasteiger partial charge in [0.25, 0.3) is 0 Å². The van der Waals surface area contributed by atoms with Crippen molar-refractivity contribution in [1.82, 2.24) is 0 Å². The Kier molecular flexibility index (Phi) is 2.88. The number of hydrogen-bond acceptors (Lipinski definition) is 1. The van der Waals surface area contributed by atoms with Crippen LogP contribution in [-0.4, -0.2) is 13.9 Å². The van der Waals surface area contributed by atoms with Gasteiger partial charge in [-0.1, -0.05) is 25.3 Å². The van der Waals surface area contributed by atoms with E-state index < -0.39 is 8.07 Å². The zero-order valence-electron chi connectivity index (χ0n) is 8.31. The fraction of sp³-hybridized carbons (Fsp3) is 0.700. The Balaban J connectivity index is 2.72. The lowest BCUT2D eigenvalue weighted by Crippen LogP contribution is -2.20. The average molecular weight is 182 g/mol. The van der Waals surface area contributed by atoms with Gasteiger partial charge in [-0.15, -0.1) is 0 Å². The summed E-state index contributed by atoms with van der Waals surface area (Å²) in [6, 6.07) is 0. The Morgan fingerprint density at radius 1 is 1.17 bits per heavy atom. The van der Waals surface area contributed by atoms with Crippen LogP contribution in [0.5, 0.6) is 0 Å². The van der Waals surface area contributed by atoms with E-state index in [9.17, 15) is 4.79 Å². The highest BCUT2D eigenvalue weighted by molar-refractivity contribution is 6.81. The minimum atomic E-state index is -1.17. The van der Waals surface area contributed by atoms with Gasteiger partial charge >= 0.3 is 0 Å². The maximum absolute atomic E-state index is 11.4. The van der Waals surface area contributed by atoms with Crippen molar-refractivity contribution in [3.05, 3.63) is 11.3 Å². The van der Waals surface area contributed by atoms with Crippen LogP contribution in [0.4, 0.5) is 0 Å². The van der Waals surface area contributed by atoms with Gasteiger partial charge in [0, 0.05) is 6.42 Å². The van der Waals surface area contributed by atoms with Gasteiger partial charge in [0.05, 0.1) is 8.07 Å². The molecule has 1 nitrogen and oxygen atoms in total. The quantitative estimate of drug-likeness (QED) is 0.450. The second-order valence-electron chi connectivity index (χ2n) is 4.67. The molecule has 0 spiro atoms. The van der Waals surface area contributed by atoms with Crippen molar-refractivity contribution in [2.24, 2.45) is 0 Å². The zero-order chi connectivity index (χ0) is 9.19. The van der Waals surface area contributed by atoms with Crippen LogP contribution in [-0.2, 0) is 4.79 Å². The maximum atomic E-state index is 11.4. The molecule has 12 heavy (non-hydrogen) atoms. The van der Waals surface area contributed by atoms with Crippen LogP contribution in [0.2, 0.25) is 19.6 Å². The second-order valence-corrected chi connectivity index (χ2v) is 9.69. The van der Waals surface area contributed by atoms with Crippen molar-refractivity contribution in [2.45, 2.75) is 45.3 Å². The first kappa shape index (κ1) is 9.71. The van der Waals surface area contributed by atoms with E-state index >= 15 is 0 Å². The average Bonchev–Trinajstić information content (AvgIpc) is 1.91. The molecule has 0 atom stereocenters. The molecule has 68 valence electrons. The topological polar surface area (TPSA) is 17.1 Å². The van der Waals surface area contributed by atoms with Crippen LogP contribution >= 0.6 is 0 Å². The number of carbonyl (C=O) groups excluding carboxylic acids is 1. The molecular formula is C10H18OSi. The van der Waals surface area contributed by atoms with Crippen molar-refractivity contribution in [1.29, 1.82) is 0 Å². The van der Waals surface area contributed by atoms with E-state index in [1.807, 2.05) is 0 Å². The lowest BCUT2D eigenvalue weighted by molar-refractivity contribution is -0.116. The molecule has 0 aliphatic heterocycles. The number of ketones is 1. The van der Waals surface area contributed by atoms with Gasteiger partial charge in [0.1, 0.15) is 0 Å². The van der Waals surface area contributed by atoms with Crippen molar-refractivity contribution in [2.75, 3.05) is 0 Å². The molecule has 2 heteroatoms. The SMILES string of the molecule is C[Si](C)(C)/C=C1\CCCCC1=O. The molecule has 1 aliphatic carbocycles. The molecule has 0 amide bonds. The third-order valence-electron chi connectivity index (χ3n) is 2.07. The fourth-order valence-electron chi connectivity index (χ4n) is 1.58. The van der Waals surface area contributed by atoms with Crippen LogP contribution in [0.15, 0.2) is 11.3 Å². The van der Waals surface area contributed by atoms with Crippen molar-refractivity contribution in [3.8, 4) is 0 Å². The summed E-state index contributed by atoms with van der Waals surface area (Å²) in [7, 11) is -1.17. The molecule has 0 bridgehead atoms. The highest BCUT2D eigenvalue weighted by atomic mass is 28.3. The van der Waals surface area contributed by atoms with E-state index in [1.54, 1.807) is 0 Å². The highest BCUT2D eigenvalue weighted by Gasteiger charge is 2.18. The maximum Gasteiger partial charge on any atom is 0.158 e. The van der Waals surface area contributed by atoms with Crippen LogP contribution in [0.1, 0.15) is 25.7 Å². The second kappa shape index (κ2) is 3.56. The Labute approximate surface area is 75.9 Å². The number of allylic oxidation sites excluding steroid dienone is 1. The minimum Gasteiger partial charge on any atom is -0.295 e. The van der Waals surface area contributed by atoms with Crippen LogP contribution in [0.3, 0.4) is 0 Å². The molecule has 1 rings (SSSR count). The largest absolute Gasteiger partial charge is 0.295 e. The van der Waals surface area contributed by atoms with E-state index in [2.05, 4.69) is 25.3 Å². The normalized spacial score (nSPS) is 23.2. The molecule has 0 heterocycles. The molecule has 0 saturated heterocycles. The lowest BCUT2D eigenvalue weighted by Gasteiger charge is -2.17. The summed E-state index contributed by atoms with van der Waals surface area (Å²) in [6.07, 6.45) is 4.13. The summed E-state index contributed by atoms with van der Waals surface area (Å²) in [5.74, 6) is 0.406. The van der Waals surface area contributed by atoms with Gasteiger partial charge in [0.2, 0.25) is 0 Å². The number of rotatable bonds is 1. The summed E-state index contributed by atoms with van der Waals surface area (Å²) in [4.78, 5) is 11.4. The Hall–Kier alpha value is -0.373. The van der Waals surface area contributed by atoms with Gasteiger partial charge in [-0.25, -0.2) is 0 Å². The Morgan fingerprint density at radius 2 is 1.75 bits per heavy atom. The highest BCUT2D eigenvalue weighted by Crippen LogP contribution is 2.21. The smallest absolute Gasteiger partial charge is 0.158 e. The first-order chi connectivity index (χ1) is 5.49. The van der Waals surface area contributed by atoms with E-state index in [0.29, 0.717) is 5.78 Å². The van der Waals surface area contributed by atoms with Crippen LogP contribution in [0, 0.1) is 0 Å².